The Kier molecular flexibility index (Phi) is 4.20. The van der Waals surface area contributed by atoms with Gasteiger partial charge in [0, 0.05) is 11.3 Å². The quantitative estimate of drug-likeness (QED) is 0.796. The van der Waals surface area contributed by atoms with E-state index in [4.69, 9.17) is 9.26 Å². The number of methoxy groups -OCH3 is 1. The summed E-state index contributed by atoms with van der Waals surface area (Å²) in [5.41, 5.74) is 3.15. The molecule has 24 heavy (non-hydrogen) atoms. The first kappa shape index (κ1) is 16.0. The van der Waals surface area contributed by atoms with E-state index in [9.17, 15) is 4.79 Å². The molecule has 1 aromatic carbocycles. The largest absolute Gasteiger partial charge is 0.496 e. The Bertz CT molecular complexity index is 902. The number of fused-ring (bicyclic) bond motifs is 1. The predicted octanol–water partition coefficient (Wildman–Crippen LogP) is 3.34. The fourth-order valence-electron chi connectivity index (χ4n) is 2.77. The lowest BCUT2D eigenvalue weighted by Crippen LogP contribution is -2.27. The van der Waals surface area contributed by atoms with Crippen LogP contribution in [-0.2, 0) is 0 Å². The Balaban J connectivity index is 1.94. The molecule has 1 amide bonds. The first-order valence-electron chi connectivity index (χ1n) is 7.68. The van der Waals surface area contributed by atoms with Gasteiger partial charge in [0.05, 0.1) is 29.8 Å². The number of benzene rings is 1. The second-order valence-corrected chi connectivity index (χ2v) is 5.70. The van der Waals surface area contributed by atoms with Crippen molar-refractivity contribution in [3.8, 4) is 5.75 Å². The van der Waals surface area contributed by atoms with Gasteiger partial charge in [0.25, 0.3) is 11.6 Å². The molecule has 124 valence electrons. The van der Waals surface area contributed by atoms with E-state index in [1.54, 1.807) is 20.1 Å². The van der Waals surface area contributed by atoms with Gasteiger partial charge in [0.2, 0.25) is 0 Å². The van der Waals surface area contributed by atoms with Crippen molar-refractivity contribution in [3.05, 3.63) is 52.8 Å². The molecular weight excluding hydrogens is 306 g/mol. The fraction of sp³-hybridized carbons (Fsp3) is 0.278. The van der Waals surface area contributed by atoms with E-state index in [2.05, 4.69) is 15.5 Å². The summed E-state index contributed by atoms with van der Waals surface area (Å²) >= 11 is 0. The number of pyridine rings is 1. The third-order valence-electron chi connectivity index (χ3n) is 3.94. The van der Waals surface area contributed by atoms with Crippen LogP contribution >= 0.6 is 0 Å². The van der Waals surface area contributed by atoms with Crippen molar-refractivity contribution in [1.82, 2.24) is 15.5 Å². The van der Waals surface area contributed by atoms with Crippen molar-refractivity contribution in [2.75, 3.05) is 7.11 Å². The average molecular weight is 325 g/mol. The van der Waals surface area contributed by atoms with E-state index in [0.29, 0.717) is 28.1 Å². The number of aromatic nitrogens is 2. The zero-order valence-corrected chi connectivity index (χ0v) is 14.1. The first-order valence-corrected chi connectivity index (χ1v) is 7.68. The number of nitrogens with one attached hydrogen (secondary N) is 1. The Hall–Kier alpha value is -2.89. The molecule has 6 nitrogen and oxygen atoms in total. The summed E-state index contributed by atoms with van der Waals surface area (Å²) in [6.45, 7) is 5.53. The van der Waals surface area contributed by atoms with E-state index in [-0.39, 0.29) is 11.9 Å². The number of hydrogen-bond acceptors (Lipinski definition) is 5. The zero-order valence-electron chi connectivity index (χ0n) is 14.1. The number of aryl methyl sites for hydroxylation is 2. The number of para-hydroxylation sites is 1. The first-order chi connectivity index (χ1) is 11.5. The van der Waals surface area contributed by atoms with Crippen LogP contribution in [0.4, 0.5) is 0 Å². The van der Waals surface area contributed by atoms with E-state index in [1.807, 2.05) is 38.1 Å². The summed E-state index contributed by atoms with van der Waals surface area (Å²) in [6.07, 6.45) is 0. The van der Waals surface area contributed by atoms with Crippen LogP contribution in [0.25, 0.3) is 11.1 Å². The van der Waals surface area contributed by atoms with Crippen LogP contribution in [0.1, 0.15) is 40.3 Å². The SMILES string of the molecule is COc1ccccc1C(C)NC(=O)c1cc(C)nc2onc(C)c12. The molecule has 0 aliphatic rings. The molecule has 2 aromatic heterocycles. The molecule has 2 heterocycles. The van der Waals surface area contributed by atoms with Gasteiger partial charge < -0.3 is 14.6 Å². The maximum Gasteiger partial charge on any atom is 0.258 e. The molecular formula is C18H19N3O3. The normalized spacial score (nSPS) is 12.2. The molecule has 0 aliphatic heterocycles. The molecule has 1 atom stereocenters. The lowest BCUT2D eigenvalue weighted by Gasteiger charge is -2.17. The highest BCUT2D eigenvalue weighted by molar-refractivity contribution is 6.06. The molecule has 6 heteroatoms. The number of ether oxygens (including phenoxy) is 1. The molecule has 3 aromatic rings. The van der Waals surface area contributed by atoms with Gasteiger partial charge in [-0.05, 0) is 32.9 Å². The summed E-state index contributed by atoms with van der Waals surface area (Å²) in [6, 6.07) is 9.15. The maximum absolute atomic E-state index is 12.8. The van der Waals surface area contributed by atoms with Crippen molar-refractivity contribution in [2.24, 2.45) is 0 Å². The lowest BCUT2D eigenvalue weighted by molar-refractivity contribution is 0.0941. The minimum absolute atomic E-state index is 0.199. The highest BCUT2D eigenvalue weighted by Gasteiger charge is 2.20. The predicted molar refractivity (Wildman–Crippen MR) is 90.2 cm³/mol. The smallest absolute Gasteiger partial charge is 0.258 e. The molecule has 0 aliphatic carbocycles. The summed E-state index contributed by atoms with van der Waals surface area (Å²) in [5.74, 6) is 0.540. The molecule has 0 spiro atoms. The number of carbonyl (C=O) groups excluding carboxylic acids is 1. The van der Waals surface area contributed by atoms with Gasteiger partial charge in [0.15, 0.2) is 0 Å². The van der Waals surface area contributed by atoms with Gasteiger partial charge >= 0.3 is 0 Å². The highest BCUT2D eigenvalue weighted by atomic mass is 16.5. The number of hydrogen-bond donors (Lipinski definition) is 1. The van der Waals surface area contributed by atoms with Crippen LogP contribution in [0.3, 0.4) is 0 Å². The average Bonchev–Trinajstić information content (AvgIpc) is 2.94. The number of carbonyl (C=O) groups is 1. The molecule has 0 saturated carbocycles. The summed E-state index contributed by atoms with van der Waals surface area (Å²) in [4.78, 5) is 17.1. The van der Waals surface area contributed by atoms with Gasteiger partial charge in [-0.1, -0.05) is 23.4 Å². The Morgan fingerprint density at radius 1 is 1.29 bits per heavy atom. The van der Waals surface area contributed by atoms with Crippen molar-refractivity contribution >= 4 is 17.0 Å². The van der Waals surface area contributed by atoms with Gasteiger partial charge in [-0.3, -0.25) is 4.79 Å². The van der Waals surface area contributed by atoms with E-state index >= 15 is 0 Å². The second kappa shape index (κ2) is 6.31. The standard InChI is InChI=1S/C18H19N3O3/c1-10-9-14(16-12(3)21-24-18(16)19-10)17(22)20-11(2)13-7-5-6-8-15(13)23-4/h5-9,11H,1-4H3,(H,20,22). The van der Waals surface area contributed by atoms with Crippen molar-refractivity contribution < 1.29 is 14.1 Å². The van der Waals surface area contributed by atoms with Gasteiger partial charge in [-0.2, -0.15) is 0 Å². The lowest BCUT2D eigenvalue weighted by atomic mass is 10.1. The number of nitrogens with zero attached hydrogens (tertiary/aromatic N) is 2. The summed E-state index contributed by atoms with van der Waals surface area (Å²) < 4.78 is 10.5. The Morgan fingerprint density at radius 3 is 2.79 bits per heavy atom. The van der Waals surface area contributed by atoms with Crippen LogP contribution in [0.15, 0.2) is 34.9 Å². The third kappa shape index (κ3) is 2.82. The van der Waals surface area contributed by atoms with Crippen molar-refractivity contribution in [2.45, 2.75) is 26.8 Å². The molecule has 3 rings (SSSR count). The Morgan fingerprint density at radius 2 is 2.04 bits per heavy atom. The summed E-state index contributed by atoms with van der Waals surface area (Å²) in [5, 5.41) is 7.56. The van der Waals surface area contributed by atoms with E-state index in [1.165, 1.54) is 0 Å². The molecule has 0 radical (unpaired) electrons. The number of rotatable bonds is 4. The molecule has 0 bridgehead atoms. The molecule has 0 fully saturated rings. The van der Waals surface area contributed by atoms with Crippen LogP contribution in [0.2, 0.25) is 0 Å². The van der Waals surface area contributed by atoms with Gasteiger partial charge in [0.1, 0.15) is 5.75 Å². The molecule has 0 saturated heterocycles. The van der Waals surface area contributed by atoms with Gasteiger partial charge in [-0.25, -0.2) is 4.98 Å². The second-order valence-electron chi connectivity index (χ2n) is 5.70. The minimum Gasteiger partial charge on any atom is -0.496 e. The molecule has 1 unspecified atom stereocenters. The van der Waals surface area contributed by atoms with Crippen LogP contribution < -0.4 is 10.1 Å². The van der Waals surface area contributed by atoms with Gasteiger partial charge in [-0.15, -0.1) is 0 Å². The van der Waals surface area contributed by atoms with E-state index in [0.717, 1.165) is 11.3 Å². The number of amides is 1. The van der Waals surface area contributed by atoms with Crippen LogP contribution in [0, 0.1) is 13.8 Å². The minimum atomic E-state index is -0.211. The Labute approximate surface area is 139 Å². The van der Waals surface area contributed by atoms with Crippen LogP contribution in [-0.4, -0.2) is 23.2 Å². The highest BCUT2D eigenvalue weighted by Crippen LogP contribution is 2.26. The van der Waals surface area contributed by atoms with Crippen molar-refractivity contribution in [3.63, 3.8) is 0 Å². The van der Waals surface area contributed by atoms with E-state index < -0.39 is 0 Å². The summed E-state index contributed by atoms with van der Waals surface area (Å²) in [7, 11) is 1.61. The zero-order chi connectivity index (χ0) is 17.3. The topological polar surface area (TPSA) is 77.2 Å². The van der Waals surface area contributed by atoms with Crippen LogP contribution in [0.5, 0.6) is 5.75 Å². The molecule has 1 N–H and O–H groups in total. The fourth-order valence-corrected chi connectivity index (χ4v) is 2.77. The third-order valence-corrected chi connectivity index (χ3v) is 3.94. The maximum atomic E-state index is 12.8. The van der Waals surface area contributed by atoms with Crippen molar-refractivity contribution in [1.29, 1.82) is 0 Å². The monoisotopic (exact) mass is 325 g/mol.